The van der Waals surface area contributed by atoms with Gasteiger partial charge in [-0.05, 0) is 42.7 Å². The number of nitriles is 1. The minimum Gasteiger partial charge on any atom is -0.507 e. The number of benzene rings is 1. The number of hydrogen-bond donors (Lipinski definition) is 2. The SMILES string of the molecule is Cc1cc(/C=N/NC(=O)CC#N)cc(C)c1O. The molecule has 5 nitrogen and oxygen atoms in total. The molecule has 5 heteroatoms. The Morgan fingerprint density at radius 1 is 1.53 bits per heavy atom. The molecule has 0 spiro atoms. The quantitative estimate of drug-likeness (QED) is 0.608. The summed E-state index contributed by atoms with van der Waals surface area (Å²) in [4.78, 5) is 10.9. The van der Waals surface area contributed by atoms with Gasteiger partial charge in [-0.1, -0.05) is 0 Å². The Bertz CT molecular complexity index is 478. The van der Waals surface area contributed by atoms with Gasteiger partial charge in [0, 0.05) is 0 Å². The van der Waals surface area contributed by atoms with Crippen molar-refractivity contribution in [2.75, 3.05) is 0 Å². The van der Waals surface area contributed by atoms with Crippen LogP contribution in [-0.2, 0) is 4.79 Å². The topological polar surface area (TPSA) is 85.5 Å². The van der Waals surface area contributed by atoms with Crippen molar-refractivity contribution in [2.24, 2.45) is 5.10 Å². The second-order valence-electron chi connectivity index (χ2n) is 3.63. The van der Waals surface area contributed by atoms with Crippen LogP contribution in [0, 0.1) is 25.2 Å². The molecular weight excluding hydrogens is 218 g/mol. The molecule has 0 fully saturated rings. The fraction of sp³-hybridized carbons (Fsp3) is 0.250. The van der Waals surface area contributed by atoms with Gasteiger partial charge in [-0.25, -0.2) is 5.43 Å². The first-order chi connectivity index (χ1) is 8.04. The Morgan fingerprint density at radius 2 is 2.12 bits per heavy atom. The van der Waals surface area contributed by atoms with Crippen LogP contribution in [0.3, 0.4) is 0 Å². The molecule has 0 aromatic heterocycles. The van der Waals surface area contributed by atoms with Crippen molar-refractivity contribution >= 4 is 12.1 Å². The second-order valence-corrected chi connectivity index (χ2v) is 3.63. The maximum absolute atomic E-state index is 10.9. The van der Waals surface area contributed by atoms with Crippen molar-refractivity contribution in [1.29, 1.82) is 5.26 Å². The van der Waals surface area contributed by atoms with Gasteiger partial charge in [0.25, 0.3) is 5.91 Å². The Kier molecular flexibility index (Phi) is 4.23. The van der Waals surface area contributed by atoms with Crippen molar-refractivity contribution in [1.82, 2.24) is 5.43 Å². The van der Waals surface area contributed by atoms with Gasteiger partial charge in [0.05, 0.1) is 12.3 Å². The first-order valence-corrected chi connectivity index (χ1v) is 5.03. The maximum Gasteiger partial charge on any atom is 0.254 e. The fourth-order valence-electron chi connectivity index (χ4n) is 1.35. The third kappa shape index (κ3) is 3.61. The molecule has 0 unspecified atom stereocenters. The molecule has 1 aromatic rings. The van der Waals surface area contributed by atoms with Crippen molar-refractivity contribution in [3.05, 3.63) is 28.8 Å². The number of nitrogens with one attached hydrogen (secondary N) is 1. The largest absolute Gasteiger partial charge is 0.507 e. The Morgan fingerprint density at radius 3 is 2.65 bits per heavy atom. The van der Waals surface area contributed by atoms with E-state index < -0.39 is 5.91 Å². The summed E-state index contributed by atoms with van der Waals surface area (Å²) < 4.78 is 0. The van der Waals surface area contributed by atoms with E-state index in [0.717, 1.165) is 16.7 Å². The Balaban J connectivity index is 2.73. The summed E-state index contributed by atoms with van der Waals surface area (Å²) in [7, 11) is 0. The van der Waals surface area contributed by atoms with Crippen molar-refractivity contribution in [2.45, 2.75) is 20.3 Å². The molecule has 1 amide bonds. The van der Waals surface area contributed by atoms with Crippen LogP contribution in [0.15, 0.2) is 17.2 Å². The predicted molar refractivity (Wildman–Crippen MR) is 63.5 cm³/mol. The third-order valence-corrected chi connectivity index (χ3v) is 2.16. The normalized spacial score (nSPS) is 10.2. The van der Waals surface area contributed by atoms with E-state index in [1.54, 1.807) is 32.0 Å². The molecule has 0 aliphatic carbocycles. The number of nitrogens with zero attached hydrogens (tertiary/aromatic N) is 2. The van der Waals surface area contributed by atoms with E-state index in [2.05, 4.69) is 10.5 Å². The second kappa shape index (κ2) is 5.66. The van der Waals surface area contributed by atoms with E-state index in [9.17, 15) is 9.90 Å². The fourth-order valence-corrected chi connectivity index (χ4v) is 1.35. The van der Waals surface area contributed by atoms with Crippen LogP contribution in [0.25, 0.3) is 0 Å². The zero-order valence-electron chi connectivity index (χ0n) is 9.69. The summed E-state index contributed by atoms with van der Waals surface area (Å²) in [5.41, 5.74) is 4.49. The van der Waals surface area contributed by atoms with E-state index in [0.29, 0.717) is 0 Å². The van der Waals surface area contributed by atoms with Gasteiger partial charge in [0.2, 0.25) is 0 Å². The molecule has 2 N–H and O–H groups in total. The Hall–Kier alpha value is -2.35. The number of rotatable bonds is 3. The standard InChI is InChI=1S/C12H13N3O2/c1-8-5-10(6-9(2)12(8)17)7-14-15-11(16)3-4-13/h5-7,17H,3H2,1-2H3,(H,15,16)/b14-7+. The van der Waals surface area contributed by atoms with Crippen LogP contribution in [-0.4, -0.2) is 17.2 Å². The van der Waals surface area contributed by atoms with Gasteiger partial charge in [-0.2, -0.15) is 10.4 Å². The van der Waals surface area contributed by atoms with Gasteiger partial charge < -0.3 is 5.11 Å². The predicted octanol–water partition coefficient (Wildman–Crippen LogP) is 1.37. The molecule has 1 aromatic carbocycles. The van der Waals surface area contributed by atoms with Crippen LogP contribution in [0.5, 0.6) is 5.75 Å². The van der Waals surface area contributed by atoms with Crippen LogP contribution in [0.2, 0.25) is 0 Å². The molecular formula is C12H13N3O2. The van der Waals surface area contributed by atoms with Gasteiger partial charge in [-0.3, -0.25) is 4.79 Å². The van der Waals surface area contributed by atoms with Gasteiger partial charge >= 0.3 is 0 Å². The van der Waals surface area contributed by atoms with E-state index >= 15 is 0 Å². The highest BCUT2D eigenvalue weighted by Gasteiger charge is 2.02. The number of carbonyl (C=O) groups is 1. The number of aromatic hydroxyl groups is 1. The number of amides is 1. The van der Waals surface area contributed by atoms with Crippen molar-refractivity contribution in [3.63, 3.8) is 0 Å². The summed E-state index contributed by atoms with van der Waals surface area (Å²) in [5.74, 6) is -0.188. The maximum atomic E-state index is 10.9. The number of phenols is 1. The third-order valence-electron chi connectivity index (χ3n) is 2.16. The van der Waals surface area contributed by atoms with Crippen molar-refractivity contribution in [3.8, 4) is 11.8 Å². The molecule has 88 valence electrons. The molecule has 0 saturated carbocycles. The summed E-state index contributed by atoms with van der Waals surface area (Å²) in [5, 5.41) is 21.5. The molecule has 0 aliphatic rings. The van der Waals surface area contributed by atoms with Crippen LogP contribution < -0.4 is 5.43 Å². The van der Waals surface area contributed by atoms with E-state index in [4.69, 9.17) is 5.26 Å². The van der Waals surface area contributed by atoms with Gasteiger partial charge in [0.15, 0.2) is 0 Å². The van der Waals surface area contributed by atoms with E-state index in [1.165, 1.54) is 6.21 Å². The minimum absolute atomic E-state index is 0.217. The molecule has 0 saturated heterocycles. The number of hydrazone groups is 1. The lowest BCUT2D eigenvalue weighted by molar-refractivity contribution is -0.120. The zero-order chi connectivity index (χ0) is 12.8. The lowest BCUT2D eigenvalue weighted by atomic mass is 10.1. The highest BCUT2D eigenvalue weighted by atomic mass is 16.3. The summed E-state index contributed by atoms with van der Waals surface area (Å²) in [6, 6.07) is 5.23. The first-order valence-electron chi connectivity index (χ1n) is 5.03. The van der Waals surface area contributed by atoms with Gasteiger partial charge in [-0.15, -0.1) is 0 Å². The average molecular weight is 231 g/mol. The smallest absolute Gasteiger partial charge is 0.254 e. The molecule has 0 bridgehead atoms. The summed E-state index contributed by atoms with van der Waals surface area (Å²) in [6.07, 6.45) is 1.25. The molecule has 0 heterocycles. The summed E-state index contributed by atoms with van der Waals surface area (Å²) in [6.45, 7) is 3.57. The Labute approximate surface area is 99.4 Å². The first kappa shape index (κ1) is 12.7. The van der Waals surface area contributed by atoms with Crippen LogP contribution in [0.4, 0.5) is 0 Å². The highest BCUT2D eigenvalue weighted by Crippen LogP contribution is 2.21. The molecule has 0 aliphatic heterocycles. The number of carbonyl (C=O) groups excluding carboxylic acids is 1. The number of aryl methyl sites for hydroxylation is 2. The van der Waals surface area contributed by atoms with E-state index in [1.807, 2.05) is 0 Å². The molecule has 1 rings (SSSR count). The zero-order valence-corrected chi connectivity index (χ0v) is 9.69. The van der Waals surface area contributed by atoms with Crippen LogP contribution in [0.1, 0.15) is 23.1 Å². The van der Waals surface area contributed by atoms with Crippen molar-refractivity contribution < 1.29 is 9.90 Å². The highest BCUT2D eigenvalue weighted by molar-refractivity contribution is 5.83. The minimum atomic E-state index is -0.448. The molecule has 17 heavy (non-hydrogen) atoms. The average Bonchev–Trinajstić information content (AvgIpc) is 2.26. The van der Waals surface area contributed by atoms with E-state index in [-0.39, 0.29) is 12.2 Å². The lowest BCUT2D eigenvalue weighted by Crippen LogP contribution is -2.16. The van der Waals surface area contributed by atoms with Gasteiger partial charge in [0.1, 0.15) is 12.2 Å². The number of hydrogen-bond acceptors (Lipinski definition) is 4. The monoisotopic (exact) mass is 231 g/mol. The molecule has 0 atom stereocenters. The molecule has 0 radical (unpaired) electrons. The number of phenolic OH excluding ortho intramolecular Hbond substituents is 1. The lowest BCUT2D eigenvalue weighted by Gasteiger charge is -2.04. The summed E-state index contributed by atoms with van der Waals surface area (Å²) >= 11 is 0. The van der Waals surface area contributed by atoms with Crippen LogP contribution >= 0.6 is 0 Å².